The number of piperidine rings is 1. The standard InChI is InChI=1S/C39H63NO11/c1-19-11-15-39(20(2)28-26(50-39)16-25-23-10-9-22-8-6-7-13-37(22,4)24(23)12-14-38(25,28)5)40(17-19)51-36-33(46)34(29(42)21(3)47-36)49-35-32(45)31(44)30(43)27(18-41)48-35/h9,19-21,23-36,41-46H,6-8,10-18H2,1-5H3. The summed E-state index contributed by atoms with van der Waals surface area (Å²) in [6, 6.07) is 0. The molecule has 20 unspecified atom stereocenters. The van der Waals surface area contributed by atoms with Gasteiger partial charge in [-0.3, -0.25) is 4.84 Å². The summed E-state index contributed by atoms with van der Waals surface area (Å²) in [7, 11) is 0. The van der Waals surface area contributed by atoms with Gasteiger partial charge in [-0.25, -0.2) is 0 Å². The second-order valence-corrected chi connectivity index (χ2v) is 18.4. The number of aliphatic hydroxyl groups is 6. The number of nitrogens with zero attached hydrogens (tertiary/aromatic N) is 1. The van der Waals surface area contributed by atoms with Crippen LogP contribution in [0.2, 0.25) is 0 Å². The smallest absolute Gasteiger partial charge is 0.206 e. The SMILES string of the molecule is CC1CCC2(OC3CC4C5CC=C6CCCCC6(C)C5CCC4(C)C3C2C)N(OC2OC(C)C(O)C(OC3OC(CO)C(O)C(O)C3O)C2O)C1. The fourth-order valence-corrected chi connectivity index (χ4v) is 12.9. The first-order valence-corrected chi connectivity index (χ1v) is 20.0. The maximum atomic E-state index is 11.6. The number of ether oxygens (including phenoxy) is 4. The molecule has 0 aromatic carbocycles. The van der Waals surface area contributed by atoms with Crippen LogP contribution in [0.1, 0.15) is 98.8 Å². The van der Waals surface area contributed by atoms with E-state index in [1.165, 1.54) is 44.9 Å². The first-order valence-electron chi connectivity index (χ1n) is 20.0. The number of allylic oxidation sites excluding steroid dienone is 2. The lowest BCUT2D eigenvalue weighted by atomic mass is 9.47. The van der Waals surface area contributed by atoms with Gasteiger partial charge in [-0.1, -0.05) is 45.8 Å². The van der Waals surface area contributed by atoms with Crippen LogP contribution in [0.4, 0.5) is 0 Å². The zero-order valence-corrected chi connectivity index (χ0v) is 31.0. The Kier molecular flexibility index (Phi) is 9.83. The Balaban J connectivity index is 1.01. The van der Waals surface area contributed by atoms with Gasteiger partial charge in [-0.05, 0) is 105 Å². The van der Waals surface area contributed by atoms with Crippen molar-refractivity contribution in [1.29, 1.82) is 0 Å². The van der Waals surface area contributed by atoms with Gasteiger partial charge in [0.05, 0.1) is 18.8 Å². The third-order valence-electron chi connectivity index (χ3n) is 15.8. The van der Waals surface area contributed by atoms with Crippen LogP contribution in [0.3, 0.4) is 0 Å². The summed E-state index contributed by atoms with van der Waals surface area (Å²) in [5.74, 6) is 2.96. The summed E-state index contributed by atoms with van der Waals surface area (Å²) in [4.78, 5) is 6.67. The van der Waals surface area contributed by atoms with E-state index in [4.69, 9.17) is 23.8 Å². The summed E-state index contributed by atoms with van der Waals surface area (Å²) in [5, 5.41) is 65.5. The predicted molar refractivity (Wildman–Crippen MR) is 183 cm³/mol. The van der Waals surface area contributed by atoms with E-state index in [2.05, 4.69) is 33.8 Å². The highest BCUT2D eigenvalue weighted by molar-refractivity contribution is 5.25. The first kappa shape index (κ1) is 37.2. The molecule has 0 aromatic heterocycles. The molecule has 8 rings (SSSR count). The lowest BCUT2D eigenvalue weighted by Crippen LogP contribution is -2.66. The van der Waals surface area contributed by atoms with Crippen molar-refractivity contribution in [3.8, 4) is 0 Å². The van der Waals surface area contributed by atoms with Crippen LogP contribution >= 0.6 is 0 Å². The molecular weight excluding hydrogens is 658 g/mol. The third-order valence-corrected chi connectivity index (χ3v) is 15.8. The molecule has 12 heteroatoms. The van der Waals surface area contributed by atoms with E-state index < -0.39 is 73.7 Å². The van der Waals surface area contributed by atoms with Gasteiger partial charge >= 0.3 is 0 Å². The van der Waals surface area contributed by atoms with E-state index in [1.807, 2.05) is 5.06 Å². The first-order chi connectivity index (χ1) is 24.2. The van der Waals surface area contributed by atoms with E-state index in [9.17, 15) is 30.6 Å². The minimum Gasteiger partial charge on any atom is -0.394 e. The van der Waals surface area contributed by atoms with Crippen LogP contribution in [0.15, 0.2) is 11.6 Å². The van der Waals surface area contributed by atoms with Crippen LogP contribution in [0, 0.1) is 46.3 Å². The minimum absolute atomic E-state index is 0.123. The van der Waals surface area contributed by atoms with Crippen LogP contribution in [0.5, 0.6) is 0 Å². The van der Waals surface area contributed by atoms with Crippen molar-refractivity contribution in [1.82, 2.24) is 5.06 Å². The molecule has 7 fully saturated rings. The Morgan fingerprint density at radius 3 is 2.41 bits per heavy atom. The zero-order chi connectivity index (χ0) is 36.2. The molecule has 0 bridgehead atoms. The molecule has 1 spiro atoms. The molecule has 3 saturated carbocycles. The van der Waals surface area contributed by atoms with E-state index >= 15 is 0 Å². The van der Waals surface area contributed by atoms with Crippen molar-refractivity contribution in [3.05, 3.63) is 11.6 Å². The molecule has 4 saturated heterocycles. The van der Waals surface area contributed by atoms with Crippen molar-refractivity contribution in [2.24, 2.45) is 46.3 Å². The van der Waals surface area contributed by atoms with Crippen molar-refractivity contribution in [2.75, 3.05) is 13.2 Å². The number of hydroxylamine groups is 2. The molecular formula is C39H63NO11. The molecule has 51 heavy (non-hydrogen) atoms. The van der Waals surface area contributed by atoms with E-state index in [-0.39, 0.29) is 17.4 Å². The summed E-state index contributed by atoms with van der Waals surface area (Å²) in [6.45, 7) is 11.3. The van der Waals surface area contributed by atoms with Crippen LogP contribution in [-0.4, -0.2) is 122 Å². The number of hydrogen-bond donors (Lipinski definition) is 6. The van der Waals surface area contributed by atoms with Gasteiger partial charge in [0.15, 0.2) is 6.29 Å². The van der Waals surface area contributed by atoms with Crippen molar-refractivity contribution in [2.45, 2.75) is 172 Å². The quantitative estimate of drug-likeness (QED) is 0.230. The maximum absolute atomic E-state index is 11.6. The Morgan fingerprint density at radius 1 is 0.863 bits per heavy atom. The lowest BCUT2D eigenvalue weighted by molar-refractivity contribution is -0.425. The summed E-state index contributed by atoms with van der Waals surface area (Å²) in [5.41, 5.74) is 1.56. The van der Waals surface area contributed by atoms with Gasteiger partial charge in [0.1, 0.15) is 48.5 Å². The third kappa shape index (κ3) is 5.67. The van der Waals surface area contributed by atoms with Crippen LogP contribution < -0.4 is 0 Å². The zero-order valence-electron chi connectivity index (χ0n) is 31.0. The molecule has 4 heterocycles. The Hall–Kier alpha value is -0.740. The molecule has 12 nitrogen and oxygen atoms in total. The van der Waals surface area contributed by atoms with Gasteiger partial charge in [0, 0.05) is 12.5 Å². The average Bonchev–Trinajstić information content (AvgIpc) is 3.56. The average molecular weight is 722 g/mol. The summed E-state index contributed by atoms with van der Waals surface area (Å²) in [6.07, 6.45) is 0.778. The van der Waals surface area contributed by atoms with Gasteiger partial charge in [-0.2, -0.15) is 5.06 Å². The fraction of sp³-hybridized carbons (Fsp3) is 0.949. The number of rotatable bonds is 5. The Bertz CT molecular complexity index is 1320. The monoisotopic (exact) mass is 721 g/mol. The molecule has 290 valence electrons. The molecule has 6 N–H and O–H groups in total. The van der Waals surface area contributed by atoms with E-state index in [0.717, 1.165) is 25.2 Å². The molecule has 20 atom stereocenters. The highest BCUT2D eigenvalue weighted by atomic mass is 16.8. The maximum Gasteiger partial charge on any atom is 0.206 e. The predicted octanol–water partition coefficient (Wildman–Crippen LogP) is 2.61. The summed E-state index contributed by atoms with van der Waals surface area (Å²) < 4.78 is 24.9. The normalized spacial score (nSPS) is 57.3. The van der Waals surface area contributed by atoms with Gasteiger partial charge in [-0.15, -0.1) is 0 Å². The highest BCUT2D eigenvalue weighted by Crippen LogP contribution is 2.71. The van der Waals surface area contributed by atoms with E-state index in [0.29, 0.717) is 35.6 Å². The summed E-state index contributed by atoms with van der Waals surface area (Å²) >= 11 is 0. The largest absolute Gasteiger partial charge is 0.394 e. The van der Waals surface area contributed by atoms with Crippen LogP contribution in [-0.2, 0) is 23.8 Å². The fourth-order valence-electron chi connectivity index (χ4n) is 12.9. The molecule has 0 radical (unpaired) electrons. The van der Waals surface area contributed by atoms with E-state index in [1.54, 1.807) is 12.5 Å². The number of fused-ring (bicyclic) bond motifs is 7. The van der Waals surface area contributed by atoms with Crippen molar-refractivity contribution >= 4 is 0 Å². The van der Waals surface area contributed by atoms with Gasteiger partial charge in [0.2, 0.25) is 6.29 Å². The minimum atomic E-state index is -1.68. The second kappa shape index (κ2) is 13.5. The topological polar surface area (TPSA) is 171 Å². The molecule has 4 aliphatic carbocycles. The molecule has 8 aliphatic rings. The van der Waals surface area contributed by atoms with Crippen molar-refractivity contribution < 1.29 is 54.4 Å². The van der Waals surface area contributed by atoms with Crippen molar-refractivity contribution in [3.63, 3.8) is 0 Å². The van der Waals surface area contributed by atoms with Gasteiger partial charge in [0.25, 0.3) is 0 Å². The highest BCUT2D eigenvalue weighted by Gasteiger charge is 2.70. The lowest BCUT2D eigenvalue weighted by Gasteiger charge is -2.58. The second-order valence-electron chi connectivity index (χ2n) is 18.4. The van der Waals surface area contributed by atoms with Gasteiger partial charge < -0.3 is 49.6 Å². The van der Waals surface area contributed by atoms with Crippen LogP contribution in [0.25, 0.3) is 0 Å². The molecule has 4 aliphatic heterocycles. The Labute approximate surface area is 302 Å². The molecule has 0 amide bonds. The number of aliphatic hydroxyl groups excluding tert-OH is 6. The Morgan fingerprint density at radius 2 is 1.65 bits per heavy atom. The number of hydrogen-bond acceptors (Lipinski definition) is 12. The molecule has 0 aromatic rings.